The number of rotatable bonds is 5. The van der Waals surface area contributed by atoms with E-state index in [1.54, 1.807) is 11.3 Å². The third-order valence-corrected chi connectivity index (χ3v) is 7.91. The van der Waals surface area contributed by atoms with Gasteiger partial charge in [0.15, 0.2) is 0 Å². The Bertz CT molecular complexity index is 1380. The van der Waals surface area contributed by atoms with Gasteiger partial charge in [-0.1, -0.05) is 12.1 Å². The number of benzene rings is 1. The number of nitrogens with zero attached hydrogens (tertiary/aromatic N) is 3. The zero-order valence-electron chi connectivity index (χ0n) is 21.0. The molecule has 2 aromatic heterocycles. The summed E-state index contributed by atoms with van der Waals surface area (Å²) in [5.41, 5.74) is 2.75. The van der Waals surface area contributed by atoms with Crippen molar-refractivity contribution in [3.8, 4) is 10.6 Å². The molecule has 2 aliphatic heterocycles. The quantitative estimate of drug-likeness (QED) is 0.366. The maximum absolute atomic E-state index is 13.4. The molecule has 3 fully saturated rings. The fourth-order valence-corrected chi connectivity index (χ4v) is 5.85. The molecule has 0 radical (unpaired) electrons. The monoisotopic (exact) mass is 566 g/mol. The number of morpholine rings is 1. The summed E-state index contributed by atoms with van der Waals surface area (Å²) in [5.74, 6) is -0.880. The molecule has 2 saturated heterocycles. The van der Waals surface area contributed by atoms with Crippen LogP contribution in [0.25, 0.3) is 20.8 Å². The normalized spacial score (nSPS) is 19.9. The summed E-state index contributed by atoms with van der Waals surface area (Å²) in [7, 11) is 0. The van der Waals surface area contributed by atoms with Crippen LogP contribution in [0.15, 0.2) is 23.0 Å². The first-order valence-corrected chi connectivity index (χ1v) is 13.7. The number of aromatic nitrogens is 3. The fourth-order valence-electron chi connectivity index (χ4n) is 4.65. The van der Waals surface area contributed by atoms with Crippen molar-refractivity contribution in [2.45, 2.75) is 43.8 Å². The average Bonchev–Trinajstić information content (AvgIpc) is 3.67. The molecule has 4 heterocycles. The molecule has 210 valence electrons. The molecule has 4 N–H and O–H groups in total. The number of alkyl halides is 3. The maximum Gasteiger partial charge on any atom is 0.490 e. The number of carbonyl (C=O) groups is 1. The molecule has 10 nitrogen and oxygen atoms in total. The molecule has 0 unspecified atom stereocenters. The van der Waals surface area contributed by atoms with Gasteiger partial charge in [-0.25, -0.2) is 9.78 Å². The molecule has 3 aliphatic rings. The van der Waals surface area contributed by atoms with Crippen molar-refractivity contribution in [3.63, 3.8) is 0 Å². The molecule has 14 heteroatoms. The Kier molecular flexibility index (Phi) is 8.05. The summed E-state index contributed by atoms with van der Waals surface area (Å²) in [6.45, 7) is 4.63. The lowest BCUT2D eigenvalue weighted by molar-refractivity contribution is -0.192. The van der Waals surface area contributed by atoms with E-state index in [1.807, 2.05) is 6.07 Å². The summed E-state index contributed by atoms with van der Waals surface area (Å²) >= 11 is 1.62. The summed E-state index contributed by atoms with van der Waals surface area (Å²) in [4.78, 5) is 37.2. The highest BCUT2D eigenvalue weighted by atomic mass is 32.1. The Morgan fingerprint density at radius 2 is 1.92 bits per heavy atom. The standard InChI is InChI=1S/C23H28N6O2S.C2HF3O2/c30-21-18(22-26-17-5-1-4-16(14-6-7-14)19(17)32-22)20(25-15-3-2-8-24-13-15)27-23(28-21)29-9-11-31-12-10-29;3-2(4,5)1(6)7/h1,4-5,14-15,24H,2-3,6-13H2,(H2,25,27,28,30);(H,6,7)/t15-;/m1./s1. The number of H-pyrrole nitrogens is 1. The van der Waals surface area contributed by atoms with Crippen molar-refractivity contribution in [3.05, 3.63) is 34.1 Å². The maximum atomic E-state index is 13.4. The highest BCUT2D eigenvalue weighted by molar-refractivity contribution is 7.21. The second-order valence-corrected chi connectivity index (χ2v) is 10.7. The number of fused-ring (bicyclic) bond motifs is 1. The number of thiazole rings is 1. The van der Waals surface area contributed by atoms with Crippen molar-refractivity contribution in [2.75, 3.05) is 49.6 Å². The van der Waals surface area contributed by atoms with Crippen LogP contribution >= 0.6 is 11.3 Å². The number of carboxylic acids is 1. The Balaban J connectivity index is 0.000000392. The van der Waals surface area contributed by atoms with Gasteiger partial charge in [0.05, 0.1) is 23.4 Å². The van der Waals surface area contributed by atoms with Gasteiger partial charge >= 0.3 is 12.1 Å². The predicted molar refractivity (Wildman–Crippen MR) is 142 cm³/mol. The summed E-state index contributed by atoms with van der Waals surface area (Å²) in [5, 5.41) is 14.9. The van der Waals surface area contributed by atoms with Gasteiger partial charge in [-0.2, -0.15) is 18.2 Å². The fraction of sp³-hybridized carbons (Fsp3) is 0.520. The molecular formula is C25H29F3N6O4S. The van der Waals surface area contributed by atoms with Crippen LogP contribution in [0.4, 0.5) is 24.9 Å². The number of carboxylic acid groups (broad SMARTS) is 1. The molecule has 39 heavy (non-hydrogen) atoms. The van der Waals surface area contributed by atoms with Gasteiger partial charge in [0, 0.05) is 25.7 Å². The Hall–Kier alpha value is -3.23. The number of piperidine rings is 1. The minimum Gasteiger partial charge on any atom is -0.475 e. The first kappa shape index (κ1) is 27.3. The van der Waals surface area contributed by atoms with E-state index in [2.05, 4.69) is 32.7 Å². The largest absolute Gasteiger partial charge is 0.490 e. The smallest absolute Gasteiger partial charge is 0.475 e. The van der Waals surface area contributed by atoms with E-state index in [1.165, 1.54) is 23.1 Å². The first-order chi connectivity index (χ1) is 18.7. The SMILES string of the molecule is O=C(O)C(F)(F)F.O=c1[nH]c(N2CCOCC2)nc(N[C@@H]2CCCNC2)c1-c1nc2cccc(C3CC3)c2s1. The molecule has 6 rings (SSSR count). The summed E-state index contributed by atoms with van der Waals surface area (Å²) < 4.78 is 38.4. The van der Waals surface area contributed by atoms with E-state index in [4.69, 9.17) is 24.6 Å². The van der Waals surface area contributed by atoms with Gasteiger partial charge < -0.3 is 25.4 Å². The van der Waals surface area contributed by atoms with Crippen LogP contribution in [0.1, 0.15) is 37.2 Å². The molecule has 0 amide bonds. The van der Waals surface area contributed by atoms with E-state index in [0.717, 1.165) is 49.5 Å². The van der Waals surface area contributed by atoms with Gasteiger partial charge in [0.2, 0.25) is 5.95 Å². The number of ether oxygens (including phenoxy) is 1. The van der Waals surface area contributed by atoms with Crippen LogP contribution < -0.4 is 21.1 Å². The van der Waals surface area contributed by atoms with E-state index < -0.39 is 12.1 Å². The zero-order valence-corrected chi connectivity index (χ0v) is 21.8. The topological polar surface area (TPSA) is 132 Å². The van der Waals surface area contributed by atoms with Gasteiger partial charge in [-0.15, -0.1) is 11.3 Å². The van der Waals surface area contributed by atoms with Gasteiger partial charge in [0.25, 0.3) is 5.56 Å². The van der Waals surface area contributed by atoms with E-state index in [0.29, 0.717) is 36.5 Å². The highest BCUT2D eigenvalue weighted by Crippen LogP contribution is 2.45. The van der Waals surface area contributed by atoms with Crippen LogP contribution in [0.3, 0.4) is 0 Å². The summed E-state index contributed by atoms with van der Waals surface area (Å²) in [6.07, 6.45) is -0.438. The molecule has 3 aromatic rings. The molecule has 1 aliphatic carbocycles. The third kappa shape index (κ3) is 6.50. The van der Waals surface area contributed by atoms with E-state index in [9.17, 15) is 18.0 Å². The molecule has 1 saturated carbocycles. The van der Waals surface area contributed by atoms with Crippen LogP contribution in [0.2, 0.25) is 0 Å². The number of aromatic amines is 1. The van der Waals surface area contributed by atoms with Crippen molar-refractivity contribution < 1.29 is 27.8 Å². The molecule has 1 aromatic carbocycles. The number of hydrogen-bond acceptors (Lipinski definition) is 9. The highest BCUT2D eigenvalue weighted by Gasteiger charge is 2.38. The van der Waals surface area contributed by atoms with Crippen LogP contribution in [-0.4, -0.2) is 77.6 Å². The molecule has 0 bridgehead atoms. The number of halogens is 3. The number of anilines is 2. The number of aliphatic carboxylic acids is 1. The Morgan fingerprint density at radius 3 is 2.56 bits per heavy atom. The number of hydrogen-bond donors (Lipinski definition) is 4. The minimum atomic E-state index is -5.08. The Labute approximate surface area is 225 Å². The van der Waals surface area contributed by atoms with Crippen LogP contribution in [-0.2, 0) is 9.53 Å². The lowest BCUT2D eigenvalue weighted by Gasteiger charge is -2.29. The lowest BCUT2D eigenvalue weighted by atomic mass is 10.1. The second kappa shape index (κ2) is 11.5. The van der Waals surface area contributed by atoms with E-state index in [-0.39, 0.29) is 11.6 Å². The van der Waals surface area contributed by atoms with Crippen molar-refractivity contribution in [1.82, 2.24) is 20.3 Å². The Morgan fingerprint density at radius 1 is 1.18 bits per heavy atom. The lowest BCUT2D eigenvalue weighted by Crippen LogP contribution is -2.40. The van der Waals surface area contributed by atoms with Crippen molar-refractivity contribution in [1.29, 1.82) is 0 Å². The average molecular weight is 567 g/mol. The molecular weight excluding hydrogens is 537 g/mol. The molecule has 1 atom stereocenters. The van der Waals surface area contributed by atoms with Gasteiger partial charge in [-0.05, 0) is 49.8 Å². The predicted octanol–water partition coefficient (Wildman–Crippen LogP) is 3.56. The first-order valence-electron chi connectivity index (χ1n) is 12.8. The minimum absolute atomic E-state index is 0.139. The zero-order chi connectivity index (χ0) is 27.6. The van der Waals surface area contributed by atoms with Gasteiger partial charge in [-0.3, -0.25) is 9.78 Å². The van der Waals surface area contributed by atoms with Gasteiger partial charge in [0.1, 0.15) is 16.4 Å². The summed E-state index contributed by atoms with van der Waals surface area (Å²) in [6, 6.07) is 6.57. The third-order valence-electron chi connectivity index (χ3n) is 6.77. The van der Waals surface area contributed by atoms with Crippen LogP contribution in [0.5, 0.6) is 0 Å². The van der Waals surface area contributed by atoms with Crippen LogP contribution in [0, 0.1) is 0 Å². The second-order valence-electron chi connectivity index (χ2n) is 9.69. The van der Waals surface area contributed by atoms with E-state index >= 15 is 0 Å². The molecule has 0 spiro atoms. The van der Waals surface area contributed by atoms with Crippen molar-refractivity contribution >= 4 is 39.3 Å². The van der Waals surface area contributed by atoms with Crippen molar-refractivity contribution in [2.24, 2.45) is 0 Å². The number of nitrogens with one attached hydrogen (secondary N) is 3.